The van der Waals surface area contributed by atoms with Crippen LogP contribution in [0.4, 0.5) is 4.39 Å². The number of aromatic nitrogens is 3. The van der Waals surface area contributed by atoms with Gasteiger partial charge in [0.25, 0.3) is 5.91 Å². The summed E-state index contributed by atoms with van der Waals surface area (Å²) in [5.41, 5.74) is 1.68. The molecule has 4 rings (SSSR count). The number of carbonyl (C=O) groups excluding carboxylic acids is 1. The number of rotatable bonds is 4. The van der Waals surface area contributed by atoms with Crippen LogP contribution in [0.5, 0.6) is 0 Å². The highest BCUT2D eigenvalue weighted by Gasteiger charge is 2.23. The first-order valence-corrected chi connectivity index (χ1v) is 8.76. The van der Waals surface area contributed by atoms with Crippen LogP contribution < -0.4 is 5.32 Å². The van der Waals surface area contributed by atoms with Gasteiger partial charge in [-0.05, 0) is 31.5 Å². The molecule has 1 aliphatic heterocycles. The molecule has 0 unspecified atom stereocenters. The molecule has 1 atom stereocenters. The molecule has 1 N–H and O–H groups in total. The van der Waals surface area contributed by atoms with Gasteiger partial charge in [0.2, 0.25) is 0 Å². The second-order valence-corrected chi connectivity index (χ2v) is 6.59. The van der Waals surface area contributed by atoms with Crippen LogP contribution >= 0.6 is 0 Å². The minimum atomic E-state index is -0.201. The third-order valence-electron chi connectivity index (χ3n) is 4.66. The van der Waals surface area contributed by atoms with Crippen molar-refractivity contribution in [2.75, 3.05) is 13.1 Å². The Hall–Kier alpha value is -2.80. The molecule has 3 aromatic rings. The van der Waals surface area contributed by atoms with E-state index in [0.29, 0.717) is 30.0 Å². The second-order valence-electron chi connectivity index (χ2n) is 6.59. The monoisotopic (exact) mass is 353 g/mol. The minimum Gasteiger partial charge on any atom is -0.347 e. The maximum Gasteiger partial charge on any atom is 0.272 e. The molecule has 6 nitrogen and oxygen atoms in total. The predicted molar refractivity (Wildman–Crippen MR) is 95.2 cm³/mol. The lowest BCUT2D eigenvalue weighted by molar-refractivity contribution is 0.0895. The zero-order valence-corrected chi connectivity index (χ0v) is 14.3. The highest BCUT2D eigenvalue weighted by Crippen LogP contribution is 2.16. The topological polar surface area (TPSA) is 62.5 Å². The Morgan fingerprint density at radius 2 is 2.19 bits per heavy atom. The summed E-state index contributed by atoms with van der Waals surface area (Å²) in [6.45, 7) is 2.15. The fraction of sp³-hybridized carbons (Fsp3) is 0.316. The van der Waals surface area contributed by atoms with E-state index < -0.39 is 0 Å². The predicted octanol–water partition coefficient (Wildman–Crippen LogP) is 2.26. The van der Waals surface area contributed by atoms with E-state index in [1.807, 2.05) is 6.07 Å². The first-order valence-electron chi connectivity index (χ1n) is 8.76. The van der Waals surface area contributed by atoms with E-state index >= 15 is 0 Å². The van der Waals surface area contributed by atoms with Gasteiger partial charge in [0.15, 0.2) is 11.3 Å². The number of likely N-dealkylation sites (tertiary alicyclic amines) is 1. The number of fused-ring (bicyclic) bond motifs is 1. The van der Waals surface area contributed by atoms with Gasteiger partial charge in [0.05, 0.1) is 0 Å². The lowest BCUT2D eigenvalue weighted by Gasteiger charge is -2.33. The van der Waals surface area contributed by atoms with Crippen molar-refractivity contribution in [3.05, 3.63) is 65.9 Å². The van der Waals surface area contributed by atoms with E-state index in [2.05, 4.69) is 20.3 Å². The van der Waals surface area contributed by atoms with Crippen LogP contribution in [0.25, 0.3) is 5.65 Å². The van der Waals surface area contributed by atoms with Gasteiger partial charge in [-0.25, -0.2) is 13.9 Å². The molecule has 7 heteroatoms. The Morgan fingerprint density at radius 3 is 3.04 bits per heavy atom. The lowest BCUT2D eigenvalue weighted by atomic mass is 10.0. The Balaban J connectivity index is 1.40. The van der Waals surface area contributed by atoms with Crippen LogP contribution in [0, 0.1) is 5.82 Å². The Kier molecular flexibility index (Phi) is 4.62. The van der Waals surface area contributed by atoms with E-state index in [1.165, 1.54) is 6.07 Å². The van der Waals surface area contributed by atoms with E-state index in [9.17, 15) is 9.18 Å². The van der Waals surface area contributed by atoms with Crippen molar-refractivity contribution in [3.63, 3.8) is 0 Å². The van der Waals surface area contributed by atoms with Crippen molar-refractivity contribution in [3.8, 4) is 0 Å². The van der Waals surface area contributed by atoms with Gasteiger partial charge in [-0.2, -0.15) is 5.10 Å². The number of halogens is 1. The molecule has 134 valence electrons. The summed E-state index contributed by atoms with van der Waals surface area (Å²) < 4.78 is 15.4. The molecule has 1 saturated heterocycles. The average molecular weight is 353 g/mol. The highest BCUT2D eigenvalue weighted by atomic mass is 19.1. The maximum absolute atomic E-state index is 13.9. The van der Waals surface area contributed by atoms with E-state index in [-0.39, 0.29) is 17.8 Å². The molecule has 3 heterocycles. The Bertz CT molecular complexity index is 892. The number of amides is 1. The average Bonchev–Trinajstić information content (AvgIpc) is 3.08. The molecule has 1 amide bonds. The molecule has 1 aliphatic rings. The standard InChI is InChI=1S/C19H20FN5O/c20-16-7-2-1-5-14(16)12-24-9-3-6-15(13-24)22-19(26)17-11-18-21-8-4-10-25(18)23-17/h1-2,4-5,7-8,10-11,15H,3,6,9,12-13H2,(H,22,26)/t15-/m0/s1. The minimum absolute atomic E-state index is 0.0285. The van der Waals surface area contributed by atoms with Gasteiger partial charge < -0.3 is 5.32 Å². The van der Waals surface area contributed by atoms with Gasteiger partial charge in [0.1, 0.15) is 5.82 Å². The summed E-state index contributed by atoms with van der Waals surface area (Å²) in [5.74, 6) is -0.385. The summed E-state index contributed by atoms with van der Waals surface area (Å²) >= 11 is 0. The molecule has 0 saturated carbocycles. The molecular weight excluding hydrogens is 333 g/mol. The summed E-state index contributed by atoms with van der Waals surface area (Å²) in [5, 5.41) is 7.30. The fourth-order valence-electron chi connectivity index (χ4n) is 3.38. The Morgan fingerprint density at radius 1 is 1.31 bits per heavy atom. The van der Waals surface area contributed by atoms with Gasteiger partial charge in [0, 0.05) is 43.2 Å². The van der Waals surface area contributed by atoms with Crippen molar-refractivity contribution in [2.45, 2.75) is 25.4 Å². The van der Waals surface area contributed by atoms with Crippen molar-refractivity contribution in [2.24, 2.45) is 0 Å². The van der Waals surface area contributed by atoms with Gasteiger partial charge >= 0.3 is 0 Å². The van der Waals surface area contributed by atoms with Crippen molar-refractivity contribution in [1.82, 2.24) is 24.8 Å². The summed E-state index contributed by atoms with van der Waals surface area (Å²) in [4.78, 5) is 18.9. The Labute approximate surface area is 150 Å². The number of hydrogen-bond acceptors (Lipinski definition) is 4. The lowest BCUT2D eigenvalue weighted by Crippen LogP contribution is -2.47. The van der Waals surface area contributed by atoms with E-state index in [0.717, 1.165) is 19.4 Å². The molecular formula is C19H20FN5O. The van der Waals surface area contributed by atoms with Gasteiger partial charge in [-0.15, -0.1) is 0 Å². The molecule has 1 aromatic carbocycles. The molecule has 0 spiro atoms. The SMILES string of the molecule is O=C(N[C@H]1CCCN(Cc2ccccc2F)C1)c1cc2ncccn2n1. The third kappa shape index (κ3) is 3.57. The van der Waals surface area contributed by atoms with Gasteiger partial charge in [-0.1, -0.05) is 18.2 Å². The smallest absolute Gasteiger partial charge is 0.272 e. The van der Waals surface area contributed by atoms with Crippen LogP contribution in [0.1, 0.15) is 28.9 Å². The maximum atomic E-state index is 13.9. The number of nitrogens with zero attached hydrogens (tertiary/aromatic N) is 4. The molecule has 26 heavy (non-hydrogen) atoms. The molecule has 0 aliphatic carbocycles. The first-order chi connectivity index (χ1) is 12.7. The van der Waals surface area contributed by atoms with Gasteiger partial charge in [-0.3, -0.25) is 9.69 Å². The number of piperidine rings is 1. The van der Waals surface area contributed by atoms with Crippen LogP contribution in [-0.2, 0) is 6.54 Å². The van der Waals surface area contributed by atoms with Crippen molar-refractivity contribution < 1.29 is 9.18 Å². The first kappa shape index (κ1) is 16.7. The number of nitrogens with one attached hydrogen (secondary N) is 1. The number of hydrogen-bond donors (Lipinski definition) is 1. The highest BCUT2D eigenvalue weighted by molar-refractivity contribution is 5.93. The molecule has 0 radical (unpaired) electrons. The largest absolute Gasteiger partial charge is 0.347 e. The molecule has 2 aromatic heterocycles. The number of benzene rings is 1. The van der Waals surface area contributed by atoms with Crippen LogP contribution in [-0.4, -0.2) is 44.5 Å². The van der Waals surface area contributed by atoms with Crippen LogP contribution in [0.15, 0.2) is 48.8 Å². The molecule has 1 fully saturated rings. The summed E-state index contributed by atoms with van der Waals surface area (Å²) in [6.07, 6.45) is 5.30. The zero-order chi connectivity index (χ0) is 17.9. The third-order valence-corrected chi connectivity index (χ3v) is 4.66. The van der Waals surface area contributed by atoms with Crippen molar-refractivity contribution >= 4 is 11.6 Å². The normalized spacial score (nSPS) is 18.1. The fourth-order valence-corrected chi connectivity index (χ4v) is 3.38. The van der Waals surface area contributed by atoms with Crippen LogP contribution in [0.3, 0.4) is 0 Å². The quantitative estimate of drug-likeness (QED) is 0.782. The summed E-state index contributed by atoms with van der Waals surface area (Å²) in [6, 6.07) is 10.3. The van der Waals surface area contributed by atoms with E-state index in [4.69, 9.17) is 0 Å². The summed E-state index contributed by atoms with van der Waals surface area (Å²) in [7, 11) is 0. The zero-order valence-electron chi connectivity index (χ0n) is 14.3. The van der Waals surface area contributed by atoms with E-state index in [1.54, 1.807) is 41.2 Å². The second kappa shape index (κ2) is 7.21. The molecule has 0 bridgehead atoms. The van der Waals surface area contributed by atoms with Crippen molar-refractivity contribution in [1.29, 1.82) is 0 Å². The number of carbonyl (C=O) groups is 1. The van der Waals surface area contributed by atoms with Crippen LogP contribution in [0.2, 0.25) is 0 Å².